The fourth-order valence-corrected chi connectivity index (χ4v) is 3.59. The van der Waals surface area contributed by atoms with E-state index < -0.39 is 0 Å². The van der Waals surface area contributed by atoms with Crippen LogP contribution >= 0.6 is 0 Å². The van der Waals surface area contributed by atoms with E-state index in [0.717, 1.165) is 5.56 Å². The molecule has 0 atom stereocenters. The van der Waals surface area contributed by atoms with Crippen molar-refractivity contribution in [3.05, 3.63) is 57.9 Å². The fraction of sp³-hybridized carbons (Fsp3) is 0.375. The molecule has 1 N–H and O–H groups in total. The molecule has 166 valence electrons. The lowest BCUT2D eigenvalue weighted by Gasteiger charge is -2.22. The highest BCUT2D eigenvalue weighted by Gasteiger charge is 2.19. The minimum absolute atomic E-state index is 0.0899. The van der Waals surface area contributed by atoms with Crippen LogP contribution in [0.1, 0.15) is 11.3 Å². The van der Waals surface area contributed by atoms with E-state index in [4.69, 9.17) is 18.6 Å². The van der Waals surface area contributed by atoms with Crippen molar-refractivity contribution < 1.29 is 23.7 Å². The Morgan fingerprint density at radius 3 is 2.19 bits per heavy atom. The van der Waals surface area contributed by atoms with Gasteiger partial charge in [0.05, 0.1) is 36.8 Å². The summed E-state index contributed by atoms with van der Waals surface area (Å²) < 4.78 is 21.7. The van der Waals surface area contributed by atoms with E-state index in [0.29, 0.717) is 66.5 Å². The van der Waals surface area contributed by atoms with Gasteiger partial charge in [-0.25, -0.2) is 0 Å². The number of ether oxygens (including phenoxy) is 3. The summed E-state index contributed by atoms with van der Waals surface area (Å²) in [5, 5.41) is 11.0. The molecule has 0 amide bonds. The summed E-state index contributed by atoms with van der Waals surface area (Å²) in [6.45, 7) is 4.56. The zero-order valence-electron chi connectivity index (χ0n) is 18.4. The van der Waals surface area contributed by atoms with Crippen molar-refractivity contribution in [2.24, 2.45) is 0 Å². The van der Waals surface area contributed by atoms with Gasteiger partial charge in [0.2, 0.25) is 5.43 Å². The summed E-state index contributed by atoms with van der Waals surface area (Å²) in [7, 11) is 4.89. The van der Waals surface area contributed by atoms with Gasteiger partial charge < -0.3 is 23.7 Å². The van der Waals surface area contributed by atoms with Gasteiger partial charge in [0, 0.05) is 33.9 Å². The molecule has 0 radical (unpaired) electrons. The van der Waals surface area contributed by atoms with Gasteiger partial charge in [-0.3, -0.25) is 9.69 Å². The highest BCUT2D eigenvalue weighted by atomic mass is 16.5. The van der Waals surface area contributed by atoms with Crippen molar-refractivity contribution in [1.82, 2.24) is 4.90 Å². The second-order valence-corrected chi connectivity index (χ2v) is 7.29. The summed E-state index contributed by atoms with van der Waals surface area (Å²) >= 11 is 0. The van der Waals surface area contributed by atoms with Gasteiger partial charge in [-0.05, 0) is 36.8 Å². The quantitative estimate of drug-likeness (QED) is 0.530. The molecule has 31 heavy (non-hydrogen) atoms. The number of hydrogen-bond acceptors (Lipinski definition) is 7. The first-order chi connectivity index (χ1) is 15.0. The van der Waals surface area contributed by atoms with E-state index in [1.807, 2.05) is 24.3 Å². The molecular formula is C24H29NO6. The number of fused-ring (bicyclic) bond motifs is 1. The predicted molar refractivity (Wildman–Crippen MR) is 120 cm³/mol. The first-order valence-electron chi connectivity index (χ1n) is 10.1. The topological polar surface area (TPSA) is 81.4 Å². The molecule has 3 aromatic rings. The fourth-order valence-electron chi connectivity index (χ4n) is 3.59. The predicted octanol–water partition coefficient (Wildman–Crippen LogP) is 3.58. The molecule has 0 fully saturated rings. The van der Waals surface area contributed by atoms with Crippen molar-refractivity contribution in [3.63, 3.8) is 0 Å². The van der Waals surface area contributed by atoms with Crippen LogP contribution in [0.25, 0.3) is 22.1 Å². The first kappa shape index (κ1) is 22.8. The van der Waals surface area contributed by atoms with E-state index in [1.54, 1.807) is 40.4 Å². The average Bonchev–Trinajstić information content (AvgIpc) is 2.77. The van der Waals surface area contributed by atoms with Gasteiger partial charge in [0.15, 0.2) is 0 Å². The van der Waals surface area contributed by atoms with Crippen LogP contribution in [0.15, 0.2) is 45.6 Å². The third-order valence-electron chi connectivity index (χ3n) is 5.30. The zero-order chi connectivity index (χ0) is 22.4. The molecule has 0 spiro atoms. The molecule has 0 saturated heterocycles. The number of benzene rings is 2. The Hall–Kier alpha value is -2.87. The summed E-state index contributed by atoms with van der Waals surface area (Å²) in [6.07, 6.45) is 0. The van der Waals surface area contributed by atoms with Crippen LogP contribution in [0, 0.1) is 6.92 Å². The van der Waals surface area contributed by atoms with E-state index in [9.17, 15) is 9.90 Å². The van der Waals surface area contributed by atoms with Gasteiger partial charge in [-0.15, -0.1) is 0 Å². The summed E-state index contributed by atoms with van der Waals surface area (Å²) in [5.41, 5.74) is 2.10. The van der Waals surface area contributed by atoms with Crippen LogP contribution in [0.2, 0.25) is 0 Å². The number of aryl methyl sites for hydroxylation is 1. The minimum atomic E-state index is -0.134. The Kier molecular flexibility index (Phi) is 7.68. The van der Waals surface area contributed by atoms with Gasteiger partial charge in [0.1, 0.15) is 22.8 Å². The average molecular weight is 427 g/mol. The lowest BCUT2D eigenvalue weighted by Crippen LogP contribution is -2.30. The summed E-state index contributed by atoms with van der Waals surface area (Å²) in [6, 6.07) is 10.5. The molecule has 1 heterocycles. The molecule has 7 nitrogen and oxygen atoms in total. The third-order valence-corrected chi connectivity index (χ3v) is 5.30. The number of phenolic OH excluding ortho intramolecular Hbond substituents is 1. The number of aromatic hydroxyl groups is 1. The smallest absolute Gasteiger partial charge is 0.200 e. The van der Waals surface area contributed by atoms with Crippen molar-refractivity contribution in [2.45, 2.75) is 13.5 Å². The number of methoxy groups -OCH3 is 3. The normalized spacial score (nSPS) is 11.4. The van der Waals surface area contributed by atoms with Crippen LogP contribution in [0.4, 0.5) is 0 Å². The van der Waals surface area contributed by atoms with Crippen molar-refractivity contribution in [2.75, 3.05) is 47.6 Å². The Morgan fingerprint density at radius 2 is 1.61 bits per heavy atom. The Morgan fingerprint density at radius 1 is 0.968 bits per heavy atom. The van der Waals surface area contributed by atoms with Gasteiger partial charge in [-0.1, -0.05) is 12.1 Å². The second-order valence-electron chi connectivity index (χ2n) is 7.29. The monoisotopic (exact) mass is 427 g/mol. The Bertz CT molecular complexity index is 1070. The van der Waals surface area contributed by atoms with Crippen LogP contribution < -0.4 is 10.2 Å². The molecule has 0 bridgehead atoms. The molecule has 0 aliphatic heterocycles. The summed E-state index contributed by atoms with van der Waals surface area (Å²) in [5.74, 6) is 1.30. The highest BCUT2D eigenvalue weighted by Crippen LogP contribution is 2.31. The van der Waals surface area contributed by atoms with Crippen LogP contribution in [0.3, 0.4) is 0 Å². The summed E-state index contributed by atoms with van der Waals surface area (Å²) in [4.78, 5) is 15.5. The third kappa shape index (κ3) is 5.07. The van der Waals surface area contributed by atoms with Gasteiger partial charge >= 0.3 is 0 Å². The maximum Gasteiger partial charge on any atom is 0.200 e. The molecule has 0 aliphatic carbocycles. The van der Waals surface area contributed by atoms with Gasteiger partial charge in [0.25, 0.3) is 0 Å². The van der Waals surface area contributed by atoms with Gasteiger partial charge in [-0.2, -0.15) is 0 Å². The molecule has 7 heteroatoms. The molecule has 1 aromatic heterocycles. The van der Waals surface area contributed by atoms with E-state index in [2.05, 4.69) is 4.90 Å². The zero-order valence-corrected chi connectivity index (χ0v) is 18.4. The molecule has 2 aromatic carbocycles. The van der Waals surface area contributed by atoms with Crippen molar-refractivity contribution in [3.8, 4) is 22.6 Å². The number of hydrogen-bond donors (Lipinski definition) is 1. The van der Waals surface area contributed by atoms with E-state index in [1.165, 1.54) is 0 Å². The lowest BCUT2D eigenvalue weighted by atomic mass is 10.0. The van der Waals surface area contributed by atoms with E-state index >= 15 is 0 Å². The van der Waals surface area contributed by atoms with Crippen molar-refractivity contribution in [1.29, 1.82) is 0 Å². The number of nitrogens with zero attached hydrogens (tertiary/aromatic N) is 1. The van der Waals surface area contributed by atoms with Crippen molar-refractivity contribution >= 4 is 11.0 Å². The van der Waals surface area contributed by atoms with Crippen LogP contribution in [0.5, 0.6) is 11.5 Å². The molecule has 0 unspecified atom stereocenters. The molecule has 0 aliphatic rings. The van der Waals surface area contributed by atoms with Crippen LogP contribution in [-0.4, -0.2) is 57.6 Å². The SMILES string of the molecule is COCCN(CCOC)Cc1c(O)ccc2c(=O)c(-c3ccc(OC)cc3)c(C)oc12. The standard InChI is InChI=1S/C24H29NO6/c1-16-22(17-5-7-18(30-4)8-6-17)23(27)19-9-10-21(26)20(24(19)31-16)15-25(11-13-28-2)12-14-29-3/h5-10,26H,11-15H2,1-4H3. The molecule has 0 saturated carbocycles. The van der Waals surface area contributed by atoms with E-state index in [-0.39, 0.29) is 11.2 Å². The number of phenols is 1. The number of rotatable bonds is 10. The highest BCUT2D eigenvalue weighted by molar-refractivity contribution is 5.86. The Balaban J connectivity index is 2.07. The second kappa shape index (κ2) is 10.4. The molecular weight excluding hydrogens is 398 g/mol. The maximum absolute atomic E-state index is 13.4. The minimum Gasteiger partial charge on any atom is -0.507 e. The lowest BCUT2D eigenvalue weighted by molar-refractivity contribution is 0.110. The Labute approximate surface area is 181 Å². The largest absolute Gasteiger partial charge is 0.507 e. The molecule has 3 rings (SSSR count). The maximum atomic E-state index is 13.4. The first-order valence-corrected chi connectivity index (χ1v) is 10.1. The van der Waals surface area contributed by atoms with Crippen LogP contribution in [-0.2, 0) is 16.0 Å².